The van der Waals surface area contributed by atoms with E-state index in [0.717, 1.165) is 16.6 Å². The van der Waals surface area contributed by atoms with Gasteiger partial charge in [0.05, 0.1) is 6.04 Å². The van der Waals surface area contributed by atoms with Crippen LogP contribution in [0.25, 0.3) is 0 Å². The van der Waals surface area contributed by atoms with Gasteiger partial charge in [0.15, 0.2) is 5.11 Å². The fraction of sp³-hybridized carbons (Fsp3) is 0.188. The maximum atomic E-state index is 5.38. The lowest BCUT2D eigenvalue weighted by Gasteiger charge is -2.20. The molecule has 2 aromatic rings. The first-order valence-corrected chi connectivity index (χ1v) is 7.77. The molecule has 0 saturated heterocycles. The van der Waals surface area contributed by atoms with Gasteiger partial charge in [-0.3, -0.25) is 0 Å². The fourth-order valence-corrected chi connectivity index (χ4v) is 2.49. The number of thiocarbonyl (C=S) groups is 1. The van der Waals surface area contributed by atoms with E-state index in [1.807, 2.05) is 42.5 Å². The highest BCUT2D eigenvalue weighted by molar-refractivity contribution is 9.10. The van der Waals surface area contributed by atoms with Gasteiger partial charge in [0.1, 0.15) is 0 Å². The van der Waals surface area contributed by atoms with E-state index in [2.05, 4.69) is 45.6 Å². The van der Waals surface area contributed by atoms with E-state index >= 15 is 0 Å². The van der Waals surface area contributed by atoms with Crippen LogP contribution in [0.3, 0.4) is 0 Å². The number of hydrogen-bond donors (Lipinski definition) is 2. The van der Waals surface area contributed by atoms with Crippen LogP contribution in [0.4, 0.5) is 5.69 Å². The summed E-state index contributed by atoms with van der Waals surface area (Å²) in [5.41, 5.74) is 2.23. The Morgan fingerprint density at radius 3 is 2.35 bits per heavy atom. The number of hydrogen-bond acceptors (Lipinski definition) is 1. The van der Waals surface area contributed by atoms with E-state index in [-0.39, 0.29) is 6.04 Å². The molecule has 2 rings (SSSR count). The molecule has 0 radical (unpaired) electrons. The molecule has 1 atom stereocenters. The normalized spacial score (nSPS) is 11.7. The molecule has 0 unspecified atom stereocenters. The molecule has 0 saturated carbocycles. The predicted molar refractivity (Wildman–Crippen MR) is 93.0 cm³/mol. The number of anilines is 1. The molecule has 0 aliphatic carbocycles. The van der Waals surface area contributed by atoms with Gasteiger partial charge >= 0.3 is 0 Å². The van der Waals surface area contributed by atoms with Crippen LogP contribution in [-0.4, -0.2) is 5.11 Å². The van der Waals surface area contributed by atoms with Crippen molar-refractivity contribution < 1.29 is 0 Å². The Morgan fingerprint density at radius 1 is 1.10 bits per heavy atom. The molecule has 0 amide bonds. The smallest absolute Gasteiger partial charge is 0.171 e. The maximum Gasteiger partial charge on any atom is 0.171 e. The zero-order chi connectivity index (χ0) is 14.4. The van der Waals surface area contributed by atoms with Crippen LogP contribution in [0.1, 0.15) is 24.9 Å². The third-order valence-electron chi connectivity index (χ3n) is 3.02. The minimum Gasteiger partial charge on any atom is -0.356 e. The molecule has 2 nitrogen and oxygen atoms in total. The predicted octanol–water partition coefficient (Wildman–Crippen LogP) is 4.89. The third kappa shape index (κ3) is 4.32. The third-order valence-corrected chi connectivity index (χ3v) is 3.77. The van der Waals surface area contributed by atoms with Gasteiger partial charge in [0, 0.05) is 10.2 Å². The Balaban J connectivity index is 1.97. The lowest BCUT2D eigenvalue weighted by atomic mass is 10.1. The summed E-state index contributed by atoms with van der Waals surface area (Å²) in [7, 11) is 0. The van der Waals surface area contributed by atoms with Crippen molar-refractivity contribution in [1.82, 2.24) is 5.32 Å². The first-order chi connectivity index (χ1) is 9.69. The second-order valence-corrected chi connectivity index (χ2v) is 5.80. The number of nitrogens with one attached hydrogen (secondary N) is 2. The summed E-state index contributed by atoms with van der Waals surface area (Å²) in [4.78, 5) is 0. The van der Waals surface area contributed by atoms with Crippen molar-refractivity contribution >= 4 is 38.9 Å². The van der Waals surface area contributed by atoms with Crippen molar-refractivity contribution in [1.29, 1.82) is 0 Å². The van der Waals surface area contributed by atoms with Crippen molar-refractivity contribution in [3.05, 3.63) is 64.6 Å². The monoisotopic (exact) mass is 348 g/mol. The van der Waals surface area contributed by atoms with E-state index in [9.17, 15) is 0 Å². The summed E-state index contributed by atoms with van der Waals surface area (Å²) in [6, 6.07) is 18.5. The molecule has 104 valence electrons. The Labute approximate surface area is 133 Å². The molecule has 20 heavy (non-hydrogen) atoms. The van der Waals surface area contributed by atoms with Crippen molar-refractivity contribution in [3.63, 3.8) is 0 Å². The molecule has 0 spiro atoms. The van der Waals surface area contributed by atoms with Crippen molar-refractivity contribution in [2.75, 3.05) is 5.32 Å². The standard InChI is InChI=1S/C16H17BrN2S/c1-2-15(12-6-4-3-5-7-12)19-16(20)18-14-10-8-13(17)9-11-14/h3-11,15H,2H2,1H3,(H2,18,19,20)/t15-/m0/s1. The SMILES string of the molecule is CC[C@H](NC(=S)Nc1ccc(Br)cc1)c1ccccc1. The summed E-state index contributed by atoms with van der Waals surface area (Å²) in [5.74, 6) is 0. The molecule has 2 N–H and O–H groups in total. The van der Waals surface area contributed by atoms with Crippen LogP contribution >= 0.6 is 28.1 Å². The molecule has 0 bridgehead atoms. The molecule has 0 aliphatic heterocycles. The molecular formula is C16H17BrN2S. The average Bonchev–Trinajstić information content (AvgIpc) is 2.48. The lowest BCUT2D eigenvalue weighted by Crippen LogP contribution is -2.32. The van der Waals surface area contributed by atoms with Crippen LogP contribution < -0.4 is 10.6 Å². The summed E-state index contributed by atoms with van der Waals surface area (Å²) < 4.78 is 1.05. The molecule has 0 heterocycles. The molecule has 2 aromatic carbocycles. The van der Waals surface area contributed by atoms with Gasteiger partial charge in [-0.2, -0.15) is 0 Å². The van der Waals surface area contributed by atoms with Gasteiger partial charge in [-0.15, -0.1) is 0 Å². The zero-order valence-corrected chi connectivity index (χ0v) is 13.7. The van der Waals surface area contributed by atoms with Crippen molar-refractivity contribution in [2.45, 2.75) is 19.4 Å². The topological polar surface area (TPSA) is 24.1 Å². The van der Waals surface area contributed by atoms with Crippen LogP contribution in [0.5, 0.6) is 0 Å². The quantitative estimate of drug-likeness (QED) is 0.769. The lowest BCUT2D eigenvalue weighted by molar-refractivity contribution is 0.629. The van der Waals surface area contributed by atoms with Gasteiger partial charge in [0.25, 0.3) is 0 Å². The van der Waals surface area contributed by atoms with Crippen LogP contribution in [0, 0.1) is 0 Å². The Bertz CT molecular complexity index is 554. The minimum absolute atomic E-state index is 0.228. The summed E-state index contributed by atoms with van der Waals surface area (Å²) in [5, 5.41) is 7.20. The van der Waals surface area contributed by atoms with Gasteiger partial charge in [-0.05, 0) is 48.5 Å². The summed E-state index contributed by atoms with van der Waals surface area (Å²) in [6.07, 6.45) is 0.978. The second kappa shape index (κ2) is 7.41. The first kappa shape index (κ1) is 15.0. The highest BCUT2D eigenvalue weighted by atomic mass is 79.9. The van der Waals surface area contributed by atoms with Crippen molar-refractivity contribution in [3.8, 4) is 0 Å². The van der Waals surface area contributed by atoms with E-state index in [1.54, 1.807) is 0 Å². The molecule has 0 fully saturated rings. The molecule has 4 heteroatoms. The molecule has 0 aromatic heterocycles. The maximum absolute atomic E-state index is 5.38. The van der Waals surface area contributed by atoms with Crippen LogP contribution in [0.15, 0.2) is 59.1 Å². The Morgan fingerprint density at radius 2 is 1.75 bits per heavy atom. The van der Waals surface area contributed by atoms with Crippen molar-refractivity contribution in [2.24, 2.45) is 0 Å². The van der Waals surface area contributed by atoms with Crippen LogP contribution in [0.2, 0.25) is 0 Å². The van der Waals surface area contributed by atoms with Gasteiger partial charge in [0.2, 0.25) is 0 Å². The van der Waals surface area contributed by atoms with E-state index in [1.165, 1.54) is 5.56 Å². The van der Waals surface area contributed by atoms with E-state index in [0.29, 0.717) is 5.11 Å². The minimum atomic E-state index is 0.228. The van der Waals surface area contributed by atoms with Gasteiger partial charge < -0.3 is 10.6 Å². The highest BCUT2D eigenvalue weighted by Gasteiger charge is 2.09. The first-order valence-electron chi connectivity index (χ1n) is 6.57. The average molecular weight is 349 g/mol. The number of benzene rings is 2. The van der Waals surface area contributed by atoms with Gasteiger partial charge in [-0.1, -0.05) is 53.2 Å². The number of halogens is 1. The van der Waals surface area contributed by atoms with Crippen LogP contribution in [-0.2, 0) is 0 Å². The largest absolute Gasteiger partial charge is 0.356 e. The van der Waals surface area contributed by atoms with Gasteiger partial charge in [-0.25, -0.2) is 0 Å². The second-order valence-electron chi connectivity index (χ2n) is 4.48. The Kier molecular flexibility index (Phi) is 5.56. The Hall–Kier alpha value is -1.39. The number of rotatable bonds is 4. The highest BCUT2D eigenvalue weighted by Crippen LogP contribution is 2.17. The van der Waals surface area contributed by atoms with E-state index in [4.69, 9.17) is 12.2 Å². The molecular weight excluding hydrogens is 332 g/mol. The van der Waals surface area contributed by atoms with E-state index < -0.39 is 0 Å². The zero-order valence-electron chi connectivity index (χ0n) is 11.3. The summed E-state index contributed by atoms with van der Waals surface area (Å²) in [6.45, 7) is 2.15. The fourth-order valence-electron chi connectivity index (χ4n) is 1.97. The molecule has 0 aliphatic rings. The summed E-state index contributed by atoms with van der Waals surface area (Å²) >= 11 is 8.79.